The van der Waals surface area contributed by atoms with E-state index in [1.165, 1.54) is 25.7 Å². The fourth-order valence-electron chi connectivity index (χ4n) is 2.98. The molecule has 0 N–H and O–H groups in total. The molecule has 0 aromatic heterocycles. The molecule has 1 fully saturated rings. The van der Waals surface area contributed by atoms with Crippen molar-refractivity contribution in [3.05, 3.63) is 0 Å². The Balaban J connectivity index is 2.57. The van der Waals surface area contributed by atoms with Gasteiger partial charge in [-0.25, -0.2) is 0 Å². The van der Waals surface area contributed by atoms with Gasteiger partial charge in [0.1, 0.15) is 0 Å². The third kappa shape index (κ3) is 2.87. The van der Waals surface area contributed by atoms with Crippen molar-refractivity contribution in [2.75, 3.05) is 0 Å². The summed E-state index contributed by atoms with van der Waals surface area (Å²) < 4.78 is 0. The van der Waals surface area contributed by atoms with Crippen molar-refractivity contribution in [1.82, 2.24) is 0 Å². The first-order chi connectivity index (χ1) is 5.95. The quantitative estimate of drug-likeness (QED) is 0.580. The number of halogens is 1. The number of rotatable bonds is 2. The van der Waals surface area contributed by atoms with Crippen molar-refractivity contribution >= 4 is 11.6 Å². The highest BCUT2D eigenvalue weighted by molar-refractivity contribution is 6.20. The maximum Gasteiger partial charge on any atom is 0.0338 e. The van der Waals surface area contributed by atoms with Crippen LogP contribution in [0.5, 0.6) is 0 Å². The third-order valence-corrected chi connectivity index (χ3v) is 3.93. The van der Waals surface area contributed by atoms with E-state index >= 15 is 0 Å². The average Bonchev–Trinajstić information content (AvgIpc) is 2.34. The number of hydrogen-bond donors (Lipinski definition) is 0. The minimum absolute atomic E-state index is 0.459. The van der Waals surface area contributed by atoms with Crippen LogP contribution in [0.4, 0.5) is 0 Å². The lowest BCUT2D eigenvalue weighted by Gasteiger charge is -2.34. The van der Waals surface area contributed by atoms with Gasteiger partial charge in [0, 0.05) is 5.38 Å². The van der Waals surface area contributed by atoms with Gasteiger partial charge in [-0.1, -0.05) is 34.1 Å². The smallest absolute Gasteiger partial charge is 0.0338 e. The lowest BCUT2D eigenvalue weighted by atomic mass is 9.71. The maximum atomic E-state index is 6.16. The molecule has 0 nitrogen and oxygen atoms in total. The molecule has 1 heteroatoms. The predicted octanol–water partition coefficient (Wildman–Crippen LogP) is 4.47. The standard InChI is InChI=1S/C12H23Cl/c1-5-11(12(2,3)4)9-6-7-10(13)8-9/h9-11H,5-8H2,1-4H3. The van der Waals surface area contributed by atoms with E-state index in [2.05, 4.69) is 27.7 Å². The Morgan fingerprint density at radius 3 is 2.23 bits per heavy atom. The molecular formula is C12H23Cl. The zero-order valence-corrected chi connectivity index (χ0v) is 10.2. The average molecular weight is 203 g/mol. The van der Waals surface area contributed by atoms with Crippen molar-refractivity contribution < 1.29 is 0 Å². The molecule has 3 atom stereocenters. The van der Waals surface area contributed by atoms with E-state index in [9.17, 15) is 0 Å². The van der Waals surface area contributed by atoms with E-state index in [1.54, 1.807) is 0 Å². The Bertz CT molecular complexity index is 157. The lowest BCUT2D eigenvalue weighted by Crippen LogP contribution is -2.26. The summed E-state index contributed by atoms with van der Waals surface area (Å²) in [5.41, 5.74) is 0.459. The number of hydrogen-bond acceptors (Lipinski definition) is 0. The molecule has 0 aliphatic heterocycles. The van der Waals surface area contributed by atoms with E-state index in [0.717, 1.165) is 11.8 Å². The van der Waals surface area contributed by atoms with Crippen molar-refractivity contribution in [3.63, 3.8) is 0 Å². The summed E-state index contributed by atoms with van der Waals surface area (Å²) in [4.78, 5) is 0. The second kappa shape index (κ2) is 4.21. The highest BCUT2D eigenvalue weighted by atomic mass is 35.5. The van der Waals surface area contributed by atoms with Crippen LogP contribution < -0.4 is 0 Å². The van der Waals surface area contributed by atoms with Crippen LogP contribution in [0.3, 0.4) is 0 Å². The maximum absolute atomic E-state index is 6.16. The summed E-state index contributed by atoms with van der Waals surface area (Å²) in [6.45, 7) is 9.41. The van der Waals surface area contributed by atoms with Gasteiger partial charge in [-0.15, -0.1) is 11.6 Å². The molecule has 0 bridgehead atoms. The van der Waals surface area contributed by atoms with Gasteiger partial charge in [0.25, 0.3) is 0 Å². The molecule has 78 valence electrons. The van der Waals surface area contributed by atoms with E-state index in [1.807, 2.05) is 0 Å². The first-order valence-electron chi connectivity index (χ1n) is 5.59. The van der Waals surface area contributed by atoms with E-state index in [4.69, 9.17) is 11.6 Å². The zero-order valence-electron chi connectivity index (χ0n) is 9.44. The molecule has 0 radical (unpaired) electrons. The fraction of sp³-hybridized carbons (Fsp3) is 1.00. The highest BCUT2D eigenvalue weighted by Gasteiger charge is 2.35. The van der Waals surface area contributed by atoms with Crippen LogP contribution in [0.25, 0.3) is 0 Å². The van der Waals surface area contributed by atoms with E-state index in [-0.39, 0.29) is 0 Å². The van der Waals surface area contributed by atoms with E-state index < -0.39 is 0 Å². The third-order valence-electron chi connectivity index (χ3n) is 3.53. The van der Waals surface area contributed by atoms with Crippen LogP contribution in [0.15, 0.2) is 0 Å². The van der Waals surface area contributed by atoms with Crippen molar-refractivity contribution in [3.8, 4) is 0 Å². The Labute approximate surface area is 88.1 Å². The summed E-state index contributed by atoms with van der Waals surface area (Å²) in [6.07, 6.45) is 5.14. The van der Waals surface area contributed by atoms with Crippen molar-refractivity contribution in [1.29, 1.82) is 0 Å². The van der Waals surface area contributed by atoms with Crippen LogP contribution in [0.1, 0.15) is 53.4 Å². The van der Waals surface area contributed by atoms with Gasteiger partial charge in [0.05, 0.1) is 0 Å². The summed E-state index contributed by atoms with van der Waals surface area (Å²) in [6, 6.07) is 0. The molecule has 13 heavy (non-hydrogen) atoms. The summed E-state index contributed by atoms with van der Waals surface area (Å²) in [5, 5.41) is 0.460. The van der Waals surface area contributed by atoms with Gasteiger partial charge in [-0.05, 0) is 36.5 Å². The summed E-state index contributed by atoms with van der Waals surface area (Å²) >= 11 is 6.16. The van der Waals surface area contributed by atoms with Crippen molar-refractivity contribution in [2.45, 2.75) is 58.8 Å². The largest absolute Gasteiger partial charge is 0.123 e. The van der Waals surface area contributed by atoms with Crippen LogP contribution in [-0.2, 0) is 0 Å². The van der Waals surface area contributed by atoms with Crippen LogP contribution in [-0.4, -0.2) is 5.38 Å². The topological polar surface area (TPSA) is 0 Å². The first-order valence-corrected chi connectivity index (χ1v) is 6.03. The SMILES string of the molecule is CCC(C1CCC(Cl)C1)C(C)(C)C. The highest BCUT2D eigenvalue weighted by Crippen LogP contribution is 2.43. The minimum Gasteiger partial charge on any atom is -0.123 e. The molecule has 1 rings (SSSR count). The minimum atomic E-state index is 0.459. The van der Waals surface area contributed by atoms with Crippen molar-refractivity contribution in [2.24, 2.45) is 17.3 Å². The van der Waals surface area contributed by atoms with Gasteiger partial charge in [-0.2, -0.15) is 0 Å². The Morgan fingerprint density at radius 1 is 1.31 bits per heavy atom. The van der Waals surface area contributed by atoms with Gasteiger partial charge in [0.15, 0.2) is 0 Å². The van der Waals surface area contributed by atoms with Gasteiger partial charge < -0.3 is 0 Å². The molecule has 0 saturated heterocycles. The Morgan fingerprint density at radius 2 is 1.92 bits per heavy atom. The molecule has 0 amide bonds. The van der Waals surface area contributed by atoms with Crippen LogP contribution in [0, 0.1) is 17.3 Å². The second-order valence-corrected chi connectivity index (χ2v) is 6.17. The molecule has 3 unspecified atom stereocenters. The molecule has 0 aromatic rings. The van der Waals surface area contributed by atoms with Gasteiger partial charge in [-0.3, -0.25) is 0 Å². The summed E-state index contributed by atoms with van der Waals surface area (Å²) in [5.74, 6) is 1.74. The summed E-state index contributed by atoms with van der Waals surface area (Å²) in [7, 11) is 0. The van der Waals surface area contributed by atoms with Gasteiger partial charge in [0.2, 0.25) is 0 Å². The Hall–Kier alpha value is 0.290. The van der Waals surface area contributed by atoms with Crippen LogP contribution >= 0.6 is 11.6 Å². The molecular weight excluding hydrogens is 180 g/mol. The van der Waals surface area contributed by atoms with Crippen LogP contribution in [0.2, 0.25) is 0 Å². The zero-order chi connectivity index (χ0) is 10.1. The normalized spacial score (nSPS) is 32.1. The monoisotopic (exact) mass is 202 g/mol. The molecule has 1 saturated carbocycles. The molecule has 0 aromatic carbocycles. The first kappa shape index (κ1) is 11.4. The Kier molecular flexibility index (Phi) is 3.68. The molecule has 1 aliphatic rings. The van der Waals surface area contributed by atoms with E-state index in [0.29, 0.717) is 10.8 Å². The fourth-order valence-corrected chi connectivity index (χ4v) is 3.33. The second-order valence-electron chi connectivity index (χ2n) is 5.55. The predicted molar refractivity (Wildman–Crippen MR) is 60.2 cm³/mol. The molecule has 1 aliphatic carbocycles. The molecule has 0 heterocycles. The lowest BCUT2D eigenvalue weighted by molar-refractivity contribution is 0.154. The van der Waals surface area contributed by atoms with Gasteiger partial charge >= 0.3 is 0 Å². The number of alkyl halides is 1. The molecule has 0 spiro atoms.